The van der Waals surface area contributed by atoms with Gasteiger partial charge < -0.3 is 15.1 Å². The summed E-state index contributed by atoms with van der Waals surface area (Å²) in [5.41, 5.74) is 2.25. The first kappa shape index (κ1) is 19.0. The molecular formula is C20H24Cl2N3O+. The highest BCUT2D eigenvalue weighted by atomic mass is 35.5. The molecule has 0 aromatic heterocycles. The highest BCUT2D eigenvalue weighted by molar-refractivity contribution is 6.31. The van der Waals surface area contributed by atoms with Gasteiger partial charge >= 0.3 is 0 Å². The summed E-state index contributed by atoms with van der Waals surface area (Å²) in [6.45, 7) is 5.68. The van der Waals surface area contributed by atoms with Crippen LogP contribution in [0.1, 0.15) is 18.5 Å². The van der Waals surface area contributed by atoms with Crippen LogP contribution in [-0.4, -0.2) is 43.5 Å². The molecule has 1 aliphatic heterocycles. The zero-order chi connectivity index (χ0) is 18.5. The standard InChI is InChI=1S/C20H23Cl2N3O/c1-15(16-4-2-5-17(21)12-16)23-14-20(26)25-10-8-24(9-11-25)19-7-3-6-18(22)13-19/h2-7,12-13,15,23H,8-11,14H2,1H3/p+1/t15-/m0/s1. The molecule has 4 nitrogen and oxygen atoms in total. The van der Waals surface area contributed by atoms with Crippen LogP contribution in [0.5, 0.6) is 0 Å². The number of carbonyl (C=O) groups is 1. The highest BCUT2D eigenvalue weighted by Gasteiger charge is 2.23. The third kappa shape index (κ3) is 4.91. The lowest BCUT2D eigenvalue weighted by atomic mass is 10.1. The number of benzene rings is 2. The average Bonchev–Trinajstić information content (AvgIpc) is 2.66. The summed E-state index contributed by atoms with van der Waals surface area (Å²) in [6, 6.07) is 15.9. The van der Waals surface area contributed by atoms with E-state index in [2.05, 4.69) is 23.2 Å². The Morgan fingerprint density at radius 2 is 1.69 bits per heavy atom. The van der Waals surface area contributed by atoms with Crippen LogP contribution in [0, 0.1) is 0 Å². The van der Waals surface area contributed by atoms with Crippen LogP contribution >= 0.6 is 23.2 Å². The molecule has 2 N–H and O–H groups in total. The van der Waals surface area contributed by atoms with E-state index in [1.165, 1.54) is 0 Å². The van der Waals surface area contributed by atoms with Gasteiger partial charge in [0.25, 0.3) is 5.91 Å². The van der Waals surface area contributed by atoms with Gasteiger partial charge in [-0.15, -0.1) is 0 Å². The van der Waals surface area contributed by atoms with E-state index in [4.69, 9.17) is 23.2 Å². The second-order valence-electron chi connectivity index (χ2n) is 6.63. The molecular weight excluding hydrogens is 369 g/mol. The van der Waals surface area contributed by atoms with E-state index in [9.17, 15) is 4.79 Å². The second-order valence-corrected chi connectivity index (χ2v) is 7.50. The summed E-state index contributed by atoms with van der Waals surface area (Å²) in [7, 11) is 0. The Bertz CT molecular complexity index is 760. The second kappa shape index (κ2) is 8.76. The van der Waals surface area contributed by atoms with E-state index < -0.39 is 0 Å². The topological polar surface area (TPSA) is 40.2 Å². The Morgan fingerprint density at radius 1 is 1.04 bits per heavy atom. The number of nitrogens with zero attached hydrogens (tertiary/aromatic N) is 2. The van der Waals surface area contributed by atoms with Gasteiger partial charge in [0.15, 0.2) is 6.54 Å². The predicted octanol–water partition coefficient (Wildman–Crippen LogP) is 2.97. The summed E-state index contributed by atoms with van der Waals surface area (Å²) >= 11 is 12.1. The van der Waals surface area contributed by atoms with Gasteiger partial charge in [-0.1, -0.05) is 41.4 Å². The molecule has 2 aromatic carbocycles. The third-order valence-electron chi connectivity index (χ3n) is 4.83. The van der Waals surface area contributed by atoms with E-state index in [1.54, 1.807) is 0 Å². The van der Waals surface area contributed by atoms with E-state index in [1.807, 2.05) is 47.4 Å². The maximum atomic E-state index is 12.5. The third-order valence-corrected chi connectivity index (χ3v) is 5.30. The number of piperazine rings is 1. The molecule has 0 unspecified atom stereocenters. The van der Waals surface area contributed by atoms with Gasteiger partial charge in [-0.2, -0.15) is 0 Å². The molecule has 1 fully saturated rings. The fourth-order valence-corrected chi connectivity index (χ4v) is 3.60. The number of carbonyl (C=O) groups excluding carboxylic acids is 1. The zero-order valence-electron chi connectivity index (χ0n) is 14.9. The molecule has 1 atom stereocenters. The van der Waals surface area contributed by atoms with Gasteiger partial charge in [0.2, 0.25) is 0 Å². The summed E-state index contributed by atoms with van der Waals surface area (Å²) in [5.74, 6) is 0.185. The lowest BCUT2D eigenvalue weighted by Gasteiger charge is -2.36. The lowest BCUT2D eigenvalue weighted by molar-refractivity contribution is -0.683. The number of amides is 1. The summed E-state index contributed by atoms with van der Waals surface area (Å²) in [6.07, 6.45) is 0. The Morgan fingerprint density at radius 3 is 2.35 bits per heavy atom. The molecule has 138 valence electrons. The number of hydrogen-bond acceptors (Lipinski definition) is 2. The van der Waals surface area contributed by atoms with Crippen molar-refractivity contribution in [1.82, 2.24) is 4.90 Å². The first-order valence-electron chi connectivity index (χ1n) is 8.90. The van der Waals surface area contributed by atoms with Crippen LogP contribution in [0.2, 0.25) is 10.0 Å². The summed E-state index contributed by atoms with van der Waals surface area (Å²) in [4.78, 5) is 16.7. The predicted molar refractivity (Wildman–Crippen MR) is 107 cm³/mol. The Balaban J connectivity index is 1.48. The zero-order valence-corrected chi connectivity index (χ0v) is 16.4. The van der Waals surface area contributed by atoms with Gasteiger partial charge in [0.1, 0.15) is 6.04 Å². The van der Waals surface area contributed by atoms with Gasteiger partial charge in [-0.05, 0) is 37.3 Å². The molecule has 0 spiro atoms. The fraction of sp³-hybridized carbons (Fsp3) is 0.350. The van der Waals surface area contributed by atoms with Crippen molar-refractivity contribution in [1.29, 1.82) is 0 Å². The molecule has 0 saturated carbocycles. The van der Waals surface area contributed by atoms with Crippen LogP contribution < -0.4 is 10.2 Å². The lowest BCUT2D eigenvalue weighted by Crippen LogP contribution is -2.87. The molecule has 0 bridgehead atoms. The van der Waals surface area contributed by atoms with Crippen molar-refractivity contribution in [3.8, 4) is 0 Å². The normalized spacial score (nSPS) is 15.8. The Kier molecular flexibility index (Phi) is 6.41. The first-order chi connectivity index (χ1) is 12.5. The molecule has 0 radical (unpaired) electrons. The van der Waals surface area contributed by atoms with E-state index in [-0.39, 0.29) is 11.9 Å². The van der Waals surface area contributed by atoms with Crippen molar-refractivity contribution in [2.45, 2.75) is 13.0 Å². The van der Waals surface area contributed by atoms with Crippen molar-refractivity contribution < 1.29 is 10.1 Å². The fourth-order valence-electron chi connectivity index (χ4n) is 3.22. The van der Waals surface area contributed by atoms with Gasteiger partial charge in [-0.3, -0.25) is 4.79 Å². The summed E-state index contributed by atoms with van der Waals surface area (Å²) < 4.78 is 0. The highest BCUT2D eigenvalue weighted by Crippen LogP contribution is 2.20. The maximum absolute atomic E-state index is 12.5. The Hall–Kier alpha value is -1.75. The van der Waals surface area contributed by atoms with Gasteiger partial charge in [0.05, 0.1) is 0 Å². The van der Waals surface area contributed by atoms with E-state index in [0.717, 1.165) is 47.5 Å². The minimum atomic E-state index is 0.185. The van der Waals surface area contributed by atoms with Crippen LogP contribution in [0.25, 0.3) is 0 Å². The number of hydrogen-bond donors (Lipinski definition) is 1. The molecule has 1 aliphatic rings. The number of anilines is 1. The van der Waals surface area contributed by atoms with Crippen molar-refractivity contribution in [2.24, 2.45) is 0 Å². The first-order valence-corrected chi connectivity index (χ1v) is 9.65. The molecule has 1 amide bonds. The van der Waals surface area contributed by atoms with Crippen LogP contribution in [0.3, 0.4) is 0 Å². The minimum absolute atomic E-state index is 0.185. The molecule has 0 aliphatic carbocycles. The molecule has 6 heteroatoms. The monoisotopic (exact) mass is 392 g/mol. The van der Waals surface area contributed by atoms with Crippen LogP contribution in [-0.2, 0) is 4.79 Å². The molecule has 26 heavy (non-hydrogen) atoms. The average molecular weight is 393 g/mol. The minimum Gasteiger partial charge on any atom is -0.368 e. The SMILES string of the molecule is C[C@H]([NH2+]CC(=O)N1CCN(c2cccc(Cl)c2)CC1)c1cccc(Cl)c1. The smallest absolute Gasteiger partial charge is 0.277 e. The van der Waals surface area contributed by atoms with Crippen molar-refractivity contribution in [3.05, 3.63) is 64.1 Å². The molecule has 2 aromatic rings. The van der Waals surface area contributed by atoms with Crippen molar-refractivity contribution >= 4 is 34.8 Å². The van der Waals surface area contributed by atoms with Crippen LogP contribution in [0.15, 0.2) is 48.5 Å². The summed E-state index contributed by atoms with van der Waals surface area (Å²) in [5, 5.41) is 3.54. The number of nitrogens with two attached hydrogens (primary N) is 1. The van der Waals surface area contributed by atoms with Crippen molar-refractivity contribution in [2.75, 3.05) is 37.6 Å². The molecule has 1 heterocycles. The van der Waals surface area contributed by atoms with Gasteiger partial charge in [0, 0.05) is 47.5 Å². The number of rotatable bonds is 5. The number of halogens is 2. The van der Waals surface area contributed by atoms with E-state index >= 15 is 0 Å². The molecule has 3 rings (SSSR count). The quantitative estimate of drug-likeness (QED) is 0.849. The molecule has 1 saturated heterocycles. The maximum Gasteiger partial charge on any atom is 0.277 e. The number of quaternary nitrogens is 1. The Labute approximate surface area is 164 Å². The van der Waals surface area contributed by atoms with Crippen LogP contribution in [0.4, 0.5) is 5.69 Å². The van der Waals surface area contributed by atoms with Gasteiger partial charge in [-0.25, -0.2) is 0 Å². The van der Waals surface area contributed by atoms with E-state index in [0.29, 0.717) is 6.54 Å². The van der Waals surface area contributed by atoms with Crippen molar-refractivity contribution in [3.63, 3.8) is 0 Å². The largest absolute Gasteiger partial charge is 0.368 e.